The van der Waals surface area contributed by atoms with Crippen molar-refractivity contribution in [2.24, 2.45) is 5.92 Å². The molecule has 4 aliphatic heterocycles. The molecule has 302 valence electrons. The summed E-state index contributed by atoms with van der Waals surface area (Å²) in [7, 11) is 0. The van der Waals surface area contributed by atoms with Gasteiger partial charge in [0.15, 0.2) is 11.5 Å². The van der Waals surface area contributed by atoms with Gasteiger partial charge >= 0.3 is 0 Å². The Morgan fingerprint density at radius 2 is 1.64 bits per heavy atom. The molecule has 5 heterocycles. The van der Waals surface area contributed by atoms with E-state index in [9.17, 15) is 24.0 Å². The lowest BCUT2D eigenvalue weighted by atomic mass is 9.93. The molecule has 2 N–H and O–H groups in total. The number of nitrogens with zero attached hydrogens (tertiary/aromatic N) is 7. The van der Waals surface area contributed by atoms with Crippen molar-refractivity contribution in [2.45, 2.75) is 69.3 Å². The van der Waals surface area contributed by atoms with Gasteiger partial charge in [-0.1, -0.05) is 11.6 Å². The number of anilines is 2. The van der Waals surface area contributed by atoms with Gasteiger partial charge in [0, 0.05) is 76.5 Å². The van der Waals surface area contributed by atoms with Gasteiger partial charge in [0.1, 0.15) is 11.8 Å². The number of carbonyl (C=O) groups is 5. The summed E-state index contributed by atoms with van der Waals surface area (Å²) in [5.41, 5.74) is 1.53. The van der Waals surface area contributed by atoms with E-state index in [2.05, 4.69) is 30.2 Å². The van der Waals surface area contributed by atoms with Gasteiger partial charge in [-0.3, -0.25) is 34.2 Å². The summed E-state index contributed by atoms with van der Waals surface area (Å²) in [5, 5.41) is 23.1. The molecular weight excluding hydrogens is 769 g/mol. The number of hydrogen-bond donors (Lipinski definition) is 2. The van der Waals surface area contributed by atoms with Crippen LogP contribution < -0.4 is 25.2 Å². The van der Waals surface area contributed by atoms with Gasteiger partial charge in [0.25, 0.3) is 29.4 Å². The zero-order chi connectivity index (χ0) is 40.6. The molecule has 1 aliphatic carbocycles. The molecule has 1 aromatic heterocycles. The molecule has 5 amide bonds. The lowest BCUT2D eigenvalue weighted by Crippen LogP contribution is -2.61. The first kappa shape index (κ1) is 39.2. The van der Waals surface area contributed by atoms with Gasteiger partial charge in [-0.15, -0.1) is 10.2 Å². The average molecular weight is 812 g/mol. The average Bonchev–Trinajstić information content (AvgIpc) is 3.49. The van der Waals surface area contributed by atoms with E-state index in [4.69, 9.17) is 21.6 Å². The predicted octanol–water partition coefficient (Wildman–Crippen LogP) is 3.86. The van der Waals surface area contributed by atoms with Crippen molar-refractivity contribution in [1.82, 2.24) is 30.6 Å². The lowest BCUT2D eigenvalue weighted by molar-refractivity contribution is -0.151. The Hall–Kier alpha value is -5.66. The molecule has 0 unspecified atom stereocenters. The van der Waals surface area contributed by atoms with Crippen LogP contribution in [-0.4, -0.2) is 113 Å². The Morgan fingerprint density at radius 1 is 0.897 bits per heavy atom. The molecule has 3 aromatic rings. The number of carbonyl (C=O) groups excluding carboxylic acids is 5. The van der Waals surface area contributed by atoms with Crippen LogP contribution in [0.1, 0.15) is 88.1 Å². The molecular formula is C41H43ClFN9O6. The van der Waals surface area contributed by atoms with Gasteiger partial charge in [-0.05, 0) is 86.9 Å². The van der Waals surface area contributed by atoms with Crippen molar-refractivity contribution in [2.75, 3.05) is 55.6 Å². The highest BCUT2D eigenvalue weighted by Crippen LogP contribution is 2.37. The van der Waals surface area contributed by atoms with Crippen LogP contribution in [0.3, 0.4) is 0 Å². The van der Waals surface area contributed by atoms with Crippen molar-refractivity contribution < 1.29 is 33.1 Å². The van der Waals surface area contributed by atoms with E-state index in [0.717, 1.165) is 82.8 Å². The number of rotatable bonds is 9. The van der Waals surface area contributed by atoms with Crippen molar-refractivity contribution in [3.63, 3.8) is 0 Å². The summed E-state index contributed by atoms with van der Waals surface area (Å²) >= 11 is 6.14. The van der Waals surface area contributed by atoms with Gasteiger partial charge in [0.2, 0.25) is 5.91 Å². The molecule has 0 radical (unpaired) electrons. The fraction of sp³-hybridized carbons (Fsp3) is 0.463. The van der Waals surface area contributed by atoms with Crippen molar-refractivity contribution in [3.05, 3.63) is 75.9 Å². The maximum absolute atomic E-state index is 15.8. The topological polar surface area (TPSA) is 181 Å². The minimum absolute atomic E-state index is 0.00858. The highest BCUT2D eigenvalue weighted by Gasteiger charge is 2.56. The van der Waals surface area contributed by atoms with Gasteiger partial charge in [-0.2, -0.15) is 5.26 Å². The van der Waals surface area contributed by atoms with Crippen LogP contribution in [0.5, 0.6) is 5.75 Å². The van der Waals surface area contributed by atoms with E-state index in [0.29, 0.717) is 40.2 Å². The van der Waals surface area contributed by atoms with Crippen LogP contribution >= 0.6 is 11.6 Å². The van der Waals surface area contributed by atoms with E-state index in [1.165, 1.54) is 6.07 Å². The highest BCUT2D eigenvalue weighted by molar-refractivity contribution is 6.31. The number of benzene rings is 2. The number of hydrogen-bond acceptors (Lipinski definition) is 12. The highest BCUT2D eigenvalue weighted by atomic mass is 35.5. The standard InChI is InChI=1S/C41H43ClFN9O6/c42-33-22-30(5-1-26(33)23-44)58-29-6-2-27(3-7-29)45-37(54)34-9-10-35(48-47-34)51-15-12-25(13-16-51)24-49-17-19-50(20-18-49)28-4-8-31-32(21-28)39(56)52(38(31)55)41(43)14-11-36(53)46-40(41)57/h1,4-5,8-10,21-22,25,27,29H,2-3,6-7,11-20,24H2,(H,45,54)(H,46,53,57)/t27?,29?,41-/m0/s1. The fourth-order valence-electron chi connectivity index (χ4n) is 8.59. The molecule has 15 nitrogen and oxygen atoms in total. The zero-order valence-electron chi connectivity index (χ0n) is 31.8. The largest absolute Gasteiger partial charge is 0.490 e. The predicted molar refractivity (Wildman–Crippen MR) is 209 cm³/mol. The van der Waals surface area contributed by atoms with Gasteiger partial charge < -0.3 is 19.9 Å². The molecule has 0 bridgehead atoms. The number of ether oxygens (including phenoxy) is 1. The first-order valence-corrected chi connectivity index (χ1v) is 20.2. The maximum Gasteiger partial charge on any atom is 0.285 e. The number of alkyl halides is 1. The van der Waals surface area contributed by atoms with E-state index >= 15 is 4.39 Å². The Labute approximate surface area is 339 Å². The maximum atomic E-state index is 15.8. The summed E-state index contributed by atoms with van der Waals surface area (Å²) in [6.45, 7) is 5.68. The third-order valence-corrected chi connectivity index (χ3v) is 12.3. The minimum Gasteiger partial charge on any atom is -0.490 e. The summed E-state index contributed by atoms with van der Waals surface area (Å²) in [4.78, 5) is 70.4. The quantitative estimate of drug-likeness (QED) is 0.236. The number of piperidine rings is 2. The van der Waals surface area contributed by atoms with Crippen molar-refractivity contribution >= 4 is 52.6 Å². The number of nitriles is 1. The summed E-state index contributed by atoms with van der Waals surface area (Å²) < 4.78 is 21.8. The molecule has 0 spiro atoms. The first-order chi connectivity index (χ1) is 28.0. The second-order valence-electron chi connectivity index (χ2n) is 15.6. The molecule has 4 fully saturated rings. The second kappa shape index (κ2) is 16.3. The molecule has 3 saturated heterocycles. The second-order valence-corrected chi connectivity index (χ2v) is 16.0. The Morgan fingerprint density at radius 3 is 2.31 bits per heavy atom. The Bertz CT molecular complexity index is 2160. The van der Waals surface area contributed by atoms with Crippen molar-refractivity contribution in [1.29, 1.82) is 5.26 Å². The Kier molecular flexibility index (Phi) is 11.0. The molecule has 17 heteroatoms. The normalized spacial score (nSPS) is 24.3. The number of piperazine rings is 1. The smallest absolute Gasteiger partial charge is 0.285 e. The van der Waals surface area contributed by atoms with Gasteiger partial charge in [0.05, 0.1) is 27.8 Å². The van der Waals surface area contributed by atoms with Crippen molar-refractivity contribution in [3.8, 4) is 11.8 Å². The minimum atomic E-state index is -2.91. The molecule has 58 heavy (non-hydrogen) atoms. The monoisotopic (exact) mass is 811 g/mol. The number of halogens is 2. The fourth-order valence-corrected chi connectivity index (χ4v) is 8.80. The van der Waals surface area contributed by atoms with E-state index < -0.39 is 35.8 Å². The zero-order valence-corrected chi connectivity index (χ0v) is 32.5. The first-order valence-electron chi connectivity index (χ1n) is 19.8. The van der Waals surface area contributed by atoms with Crippen LogP contribution in [0, 0.1) is 17.2 Å². The third-order valence-electron chi connectivity index (χ3n) is 12.0. The molecule has 5 aliphatic rings. The number of fused-ring (bicyclic) bond motifs is 1. The van der Waals surface area contributed by atoms with Crippen LogP contribution in [-0.2, 0) is 9.59 Å². The molecule has 1 atom stereocenters. The summed E-state index contributed by atoms with van der Waals surface area (Å²) in [5.74, 6) is -4.96. The number of nitrogens with one attached hydrogen (secondary N) is 2. The van der Waals surface area contributed by atoms with Gasteiger partial charge in [-0.25, -0.2) is 9.29 Å². The summed E-state index contributed by atoms with van der Waals surface area (Å²) in [6, 6.07) is 15.6. The molecule has 2 aromatic carbocycles. The molecule has 8 rings (SSSR count). The van der Waals surface area contributed by atoms with E-state index in [1.54, 1.807) is 36.4 Å². The van der Waals surface area contributed by atoms with Crippen LogP contribution in [0.25, 0.3) is 0 Å². The molecule has 1 saturated carbocycles. The van der Waals surface area contributed by atoms with Crippen LogP contribution in [0.2, 0.25) is 5.02 Å². The summed E-state index contributed by atoms with van der Waals surface area (Å²) in [6.07, 6.45) is 4.22. The Balaban J connectivity index is 0.759. The van der Waals surface area contributed by atoms with E-state index in [-0.39, 0.29) is 41.3 Å². The van der Waals surface area contributed by atoms with E-state index in [1.807, 2.05) is 17.5 Å². The number of amides is 5. The SMILES string of the molecule is N#Cc1ccc(OC2CCC(NC(=O)c3ccc(N4CCC(CN5CCN(c6ccc7c(c6)C(=O)N([C@@]6(F)CCC(=O)NC6=O)C7=O)CC5)CC4)nn3)CC2)cc1Cl. The third kappa shape index (κ3) is 7.93. The van der Waals surface area contributed by atoms with Crippen LogP contribution in [0.4, 0.5) is 15.9 Å². The van der Waals surface area contributed by atoms with Crippen LogP contribution in [0.15, 0.2) is 48.5 Å². The number of aromatic nitrogens is 2. The number of imide groups is 2. The lowest BCUT2D eigenvalue weighted by Gasteiger charge is -2.39.